The third-order valence-corrected chi connectivity index (χ3v) is 7.27. The highest BCUT2D eigenvalue weighted by atomic mass is 32.2. The number of amides is 1. The summed E-state index contributed by atoms with van der Waals surface area (Å²) in [5.74, 6) is -0.128. The predicted octanol–water partition coefficient (Wildman–Crippen LogP) is 2.64. The van der Waals surface area contributed by atoms with Crippen molar-refractivity contribution in [3.8, 4) is 6.07 Å². The van der Waals surface area contributed by atoms with Gasteiger partial charge in [-0.05, 0) is 48.7 Å². The van der Waals surface area contributed by atoms with Crippen molar-refractivity contribution in [1.29, 1.82) is 5.26 Å². The lowest BCUT2D eigenvalue weighted by molar-refractivity contribution is 0.0593. The first-order chi connectivity index (χ1) is 14.4. The molecule has 0 bridgehead atoms. The van der Waals surface area contributed by atoms with E-state index in [1.807, 2.05) is 31.2 Å². The number of nitrogens with zero attached hydrogens (tertiary/aromatic N) is 4. The normalized spacial score (nSPS) is 17.6. The van der Waals surface area contributed by atoms with Crippen molar-refractivity contribution >= 4 is 26.7 Å². The quantitative estimate of drug-likeness (QED) is 0.649. The Labute approximate surface area is 175 Å². The molecule has 1 aliphatic heterocycles. The summed E-state index contributed by atoms with van der Waals surface area (Å²) in [5, 5.41) is 10.6. The second-order valence-electron chi connectivity index (χ2n) is 7.25. The fourth-order valence-electron chi connectivity index (χ4n) is 3.75. The van der Waals surface area contributed by atoms with Gasteiger partial charge in [-0.15, -0.1) is 0 Å². The molecule has 1 aliphatic rings. The van der Waals surface area contributed by atoms with Gasteiger partial charge in [-0.2, -0.15) is 9.57 Å². The summed E-state index contributed by atoms with van der Waals surface area (Å²) in [5.41, 5.74) is 0.971. The molecule has 1 aromatic heterocycles. The van der Waals surface area contributed by atoms with Gasteiger partial charge in [0.25, 0.3) is 5.91 Å². The van der Waals surface area contributed by atoms with Gasteiger partial charge in [-0.25, -0.2) is 8.42 Å². The smallest absolute Gasteiger partial charge is 0.254 e. The van der Waals surface area contributed by atoms with E-state index in [2.05, 4.69) is 4.98 Å². The molecule has 0 radical (unpaired) electrons. The number of carbonyl (C=O) groups is 1. The van der Waals surface area contributed by atoms with Gasteiger partial charge < -0.3 is 4.90 Å². The molecular formula is C22H20N4O3S. The molecule has 0 spiro atoms. The highest BCUT2D eigenvalue weighted by Crippen LogP contribution is 2.24. The van der Waals surface area contributed by atoms with Crippen molar-refractivity contribution in [3.05, 3.63) is 72.1 Å². The summed E-state index contributed by atoms with van der Waals surface area (Å²) >= 11 is 0. The maximum absolute atomic E-state index is 13.2. The number of hydrogen-bond donors (Lipinski definition) is 0. The van der Waals surface area contributed by atoms with Crippen molar-refractivity contribution in [2.75, 3.05) is 19.6 Å². The molecule has 3 aromatic rings. The highest BCUT2D eigenvalue weighted by molar-refractivity contribution is 7.89. The first-order valence-corrected chi connectivity index (χ1v) is 11.0. The van der Waals surface area contributed by atoms with Crippen molar-refractivity contribution in [2.24, 2.45) is 0 Å². The van der Waals surface area contributed by atoms with E-state index in [4.69, 9.17) is 5.26 Å². The molecule has 30 heavy (non-hydrogen) atoms. The van der Waals surface area contributed by atoms with Gasteiger partial charge in [0.1, 0.15) is 0 Å². The minimum Gasteiger partial charge on any atom is -0.333 e. The average Bonchev–Trinajstić information content (AvgIpc) is 2.78. The molecule has 2 heterocycles. The number of carbonyl (C=O) groups excluding carboxylic acids is 1. The minimum atomic E-state index is -3.69. The van der Waals surface area contributed by atoms with Crippen LogP contribution in [0.3, 0.4) is 0 Å². The summed E-state index contributed by atoms with van der Waals surface area (Å²) < 4.78 is 27.4. The predicted molar refractivity (Wildman–Crippen MR) is 112 cm³/mol. The molecule has 1 fully saturated rings. The third-order valence-electron chi connectivity index (χ3n) is 5.39. The molecule has 1 amide bonds. The minimum absolute atomic E-state index is 0.128. The Hall–Kier alpha value is -3.28. The van der Waals surface area contributed by atoms with Crippen LogP contribution in [0.15, 0.2) is 65.8 Å². The number of piperazine rings is 1. The molecule has 152 valence electrons. The Morgan fingerprint density at radius 1 is 1.13 bits per heavy atom. The fourth-order valence-corrected chi connectivity index (χ4v) is 5.26. The summed E-state index contributed by atoms with van der Waals surface area (Å²) in [6.45, 7) is 2.56. The molecule has 0 saturated carbocycles. The number of sulfonamides is 1. The maximum Gasteiger partial charge on any atom is 0.254 e. The first-order valence-electron chi connectivity index (χ1n) is 9.56. The number of fused-ring (bicyclic) bond motifs is 1. The van der Waals surface area contributed by atoms with Crippen LogP contribution in [0.2, 0.25) is 0 Å². The number of benzene rings is 2. The van der Waals surface area contributed by atoms with E-state index >= 15 is 0 Å². The Kier molecular flexibility index (Phi) is 5.24. The topological polar surface area (TPSA) is 94.4 Å². The van der Waals surface area contributed by atoms with Gasteiger partial charge in [0.2, 0.25) is 10.0 Å². The lowest BCUT2D eigenvalue weighted by atomic mass is 10.0. The Balaban J connectivity index is 1.55. The van der Waals surface area contributed by atoms with Gasteiger partial charge >= 0.3 is 0 Å². The number of nitriles is 1. The highest BCUT2D eigenvalue weighted by Gasteiger charge is 2.34. The zero-order valence-electron chi connectivity index (χ0n) is 16.4. The summed E-state index contributed by atoms with van der Waals surface area (Å²) in [4.78, 5) is 19.2. The van der Waals surface area contributed by atoms with Gasteiger partial charge in [0.15, 0.2) is 0 Å². The molecule has 1 unspecified atom stereocenters. The Morgan fingerprint density at radius 3 is 2.60 bits per heavy atom. The van der Waals surface area contributed by atoms with E-state index < -0.39 is 10.0 Å². The SMILES string of the molecule is CC1CN(S(=O)(=O)c2ccc(C#N)cc2)CCN1C(=O)c1cccc2ccncc12. The van der Waals surface area contributed by atoms with Crippen molar-refractivity contribution < 1.29 is 13.2 Å². The molecule has 0 N–H and O–H groups in total. The van der Waals surface area contributed by atoms with Crippen LogP contribution in [-0.4, -0.2) is 54.2 Å². The van der Waals surface area contributed by atoms with Crippen LogP contribution in [0.5, 0.6) is 0 Å². The molecule has 1 saturated heterocycles. The summed E-state index contributed by atoms with van der Waals surface area (Å²) in [6, 6.07) is 15.0. The zero-order valence-corrected chi connectivity index (χ0v) is 17.2. The Bertz CT molecular complexity index is 1240. The van der Waals surface area contributed by atoms with E-state index in [9.17, 15) is 13.2 Å². The van der Waals surface area contributed by atoms with E-state index in [1.54, 1.807) is 23.4 Å². The molecule has 2 aromatic carbocycles. The van der Waals surface area contributed by atoms with E-state index in [-0.39, 0.29) is 29.9 Å². The van der Waals surface area contributed by atoms with Gasteiger partial charge in [0, 0.05) is 49.0 Å². The van der Waals surface area contributed by atoms with Crippen molar-refractivity contribution in [3.63, 3.8) is 0 Å². The largest absolute Gasteiger partial charge is 0.333 e. The van der Waals surface area contributed by atoms with Crippen LogP contribution in [0.1, 0.15) is 22.8 Å². The van der Waals surface area contributed by atoms with Gasteiger partial charge in [-0.3, -0.25) is 9.78 Å². The monoisotopic (exact) mass is 420 g/mol. The average molecular weight is 420 g/mol. The van der Waals surface area contributed by atoms with Gasteiger partial charge in [-0.1, -0.05) is 12.1 Å². The molecule has 0 aliphatic carbocycles. The van der Waals surface area contributed by atoms with E-state index in [0.717, 1.165) is 10.8 Å². The van der Waals surface area contributed by atoms with Crippen LogP contribution in [0, 0.1) is 11.3 Å². The lowest BCUT2D eigenvalue weighted by Crippen LogP contribution is -2.55. The van der Waals surface area contributed by atoms with Crippen LogP contribution < -0.4 is 0 Å². The summed E-state index contributed by atoms with van der Waals surface area (Å²) in [6.07, 6.45) is 3.37. The molecule has 4 rings (SSSR count). The second-order valence-corrected chi connectivity index (χ2v) is 9.19. The number of hydrogen-bond acceptors (Lipinski definition) is 5. The second kappa shape index (κ2) is 7.86. The van der Waals surface area contributed by atoms with Gasteiger partial charge in [0.05, 0.1) is 16.5 Å². The van der Waals surface area contributed by atoms with Crippen LogP contribution in [0.4, 0.5) is 0 Å². The number of aromatic nitrogens is 1. The maximum atomic E-state index is 13.2. The first kappa shape index (κ1) is 20.0. The van der Waals surface area contributed by atoms with Crippen molar-refractivity contribution in [2.45, 2.75) is 17.9 Å². The zero-order chi connectivity index (χ0) is 21.3. The van der Waals surface area contributed by atoms with E-state index in [0.29, 0.717) is 17.7 Å². The molecular weight excluding hydrogens is 400 g/mol. The number of rotatable bonds is 3. The van der Waals surface area contributed by atoms with Crippen LogP contribution in [-0.2, 0) is 10.0 Å². The van der Waals surface area contributed by atoms with Crippen LogP contribution >= 0.6 is 0 Å². The van der Waals surface area contributed by atoms with Crippen LogP contribution in [0.25, 0.3) is 10.8 Å². The standard InChI is InChI=1S/C22H20N4O3S/c1-16-15-25(30(28,29)19-7-5-17(13-23)6-8-19)11-12-26(16)22(27)20-4-2-3-18-9-10-24-14-21(18)20/h2-10,14,16H,11-12,15H2,1H3. The fraction of sp³-hybridized carbons (Fsp3) is 0.227. The Morgan fingerprint density at radius 2 is 1.90 bits per heavy atom. The molecule has 7 nitrogen and oxygen atoms in total. The molecule has 8 heteroatoms. The number of pyridine rings is 1. The van der Waals surface area contributed by atoms with Crippen molar-refractivity contribution in [1.82, 2.24) is 14.2 Å². The molecule has 1 atom stereocenters. The lowest BCUT2D eigenvalue weighted by Gasteiger charge is -2.39. The van der Waals surface area contributed by atoms with E-state index in [1.165, 1.54) is 28.6 Å². The summed E-state index contributed by atoms with van der Waals surface area (Å²) in [7, 11) is -3.69. The third kappa shape index (κ3) is 3.54.